The van der Waals surface area contributed by atoms with Gasteiger partial charge in [0, 0.05) is 6.07 Å². The van der Waals surface area contributed by atoms with Crippen LogP contribution < -0.4 is 5.73 Å². The second-order valence-electron chi connectivity index (χ2n) is 3.29. The van der Waals surface area contributed by atoms with Crippen molar-refractivity contribution in [1.82, 2.24) is 9.78 Å². The van der Waals surface area contributed by atoms with Crippen LogP contribution in [0.1, 0.15) is 12.1 Å². The van der Waals surface area contributed by atoms with Crippen LogP contribution in [0, 0.1) is 11.6 Å². The van der Waals surface area contributed by atoms with E-state index in [-0.39, 0.29) is 11.4 Å². The van der Waals surface area contributed by atoms with Crippen LogP contribution in [0.3, 0.4) is 0 Å². The van der Waals surface area contributed by atoms with Crippen molar-refractivity contribution >= 4 is 5.69 Å². The summed E-state index contributed by atoms with van der Waals surface area (Å²) in [4.78, 5) is 0. The Morgan fingerprint density at radius 3 is 2.53 bits per heavy atom. The number of halogens is 4. The number of nitrogens with zero attached hydrogens (tertiary/aromatic N) is 2. The van der Waals surface area contributed by atoms with Gasteiger partial charge in [0.1, 0.15) is 17.2 Å². The SMILES string of the molecule is Nc1cnn(-c2ccc(F)cc2F)c1C(F)F. The molecule has 2 rings (SSSR count). The zero-order valence-corrected chi connectivity index (χ0v) is 8.37. The minimum atomic E-state index is -2.90. The van der Waals surface area contributed by atoms with E-state index in [9.17, 15) is 17.6 Å². The van der Waals surface area contributed by atoms with E-state index in [4.69, 9.17) is 5.73 Å². The van der Waals surface area contributed by atoms with Gasteiger partial charge in [-0.05, 0) is 12.1 Å². The molecule has 0 saturated heterocycles. The number of hydrogen-bond acceptors (Lipinski definition) is 2. The highest BCUT2D eigenvalue weighted by Gasteiger charge is 2.21. The van der Waals surface area contributed by atoms with Crippen LogP contribution in [0.25, 0.3) is 5.69 Å². The first-order valence-corrected chi connectivity index (χ1v) is 4.57. The summed E-state index contributed by atoms with van der Waals surface area (Å²) in [5, 5.41) is 3.55. The number of rotatable bonds is 2. The van der Waals surface area contributed by atoms with Gasteiger partial charge in [-0.3, -0.25) is 0 Å². The Bertz CT molecular complexity index is 550. The van der Waals surface area contributed by atoms with Crippen LogP contribution >= 0.6 is 0 Å². The van der Waals surface area contributed by atoms with Gasteiger partial charge in [0.05, 0.1) is 11.9 Å². The molecule has 0 aliphatic rings. The molecule has 0 atom stereocenters. The molecule has 0 aliphatic heterocycles. The molecule has 0 aliphatic carbocycles. The molecule has 17 heavy (non-hydrogen) atoms. The second-order valence-corrected chi connectivity index (χ2v) is 3.29. The minimum Gasteiger partial charge on any atom is -0.396 e. The van der Waals surface area contributed by atoms with Gasteiger partial charge in [0.15, 0.2) is 5.82 Å². The molecule has 1 aromatic carbocycles. The maximum Gasteiger partial charge on any atom is 0.282 e. The van der Waals surface area contributed by atoms with Gasteiger partial charge in [0.25, 0.3) is 6.43 Å². The third-order valence-electron chi connectivity index (χ3n) is 2.18. The molecule has 7 heteroatoms. The number of hydrogen-bond donors (Lipinski definition) is 1. The van der Waals surface area contributed by atoms with Crippen LogP contribution in [0.5, 0.6) is 0 Å². The van der Waals surface area contributed by atoms with E-state index in [1.54, 1.807) is 0 Å². The smallest absolute Gasteiger partial charge is 0.282 e. The van der Waals surface area contributed by atoms with Crippen molar-refractivity contribution in [2.75, 3.05) is 5.73 Å². The molecule has 1 aromatic heterocycles. The van der Waals surface area contributed by atoms with Gasteiger partial charge in [0.2, 0.25) is 0 Å². The zero-order chi connectivity index (χ0) is 12.6. The number of nitrogen functional groups attached to an aromatic ring is 1. The first-order valence-electron chi connectivity index (χ1n) is 4.57. The van der Waals surface area contributed by atoms with Crippen LogP contribution in [-0.2, 0) is 0 Å². The van der Waals surface area contributed by atoms with E-state index in [1.165, 1.54) is 0 Å². The Hall–Kier alpha value is -2.05. The van der Waals surface area contributed by atoms with Gasteiger partial charge in [-0.25, -0.2) is 22.2 Å². The number of alkyl halides is 2. The van der Waals surface area contributed by atoms with Crippen molar-refractivity contribution in [3.05, 3.63) is 41.7 Å². The third kappa shape index (κ3) is 1.95. The van der Waals surface area contributed by atoms with E-state index in [1.807, 2.05) is 0 Å². The lowest BCUT2D eigenvalue weighted by atomic mass is 10.3. The summed E-state index contributed by atoms with van der Waals surface area (Å²) in [6.07, 6.45) is -1.91. The number of aromatic nitrogens is 2. The second kappa shape index (κ2) is 4.08. The van der Waals surface area contributed by atoms with Crippen molar-refractivity contribution < 1.29 is 17.6 Å². The maximum atomic E-state index is 13.4. The standard InChI is InChI=1S/C10H7F4N3/c11-5-1-2-8(6(12)3-5)17-9(10(13)14)7(15)4-16-17/h1-4,10H,15H2. The monoisotopic (exact) mass is 245 g/mol. The lowest BCUT2D eigenvalue weighted by molar-refractivity contribution is 0.143. The average Bonchev–Trinajstić information content (AvgIpc) is 2.60. The van der Waals surface area contributed by atoms with E-state index < -0.39 is 23.8 Å². The molecule has 0 spiro atoms. The molecule has 3 nitrogen and oxygen atoms in total. The van der Waals surface area contributed by atoms with Gasteiger partial charge in [-0.15, -0.1) is 0 Å². The molecule has 2 aromatic rings. The van der Waals surface area contributed by atoms with E-state index in [0.29, 0.717) is 10.7 Å². The first-order chi connectivity index (χ1) is 8.00. The van der Waals surface area contributed by atoms with Crippen LogP contribution in [0.4, 0.5) is 23.2 Å². The minimum absolute atomic E-state index is 0.247. The van der Waals surface area contributed by atoms with Gasteiger partial charge < -0.3 is 5.73 Å². The highest BCUT2D eigenvalue weighted by molar-refractivity contribution is 5.47. The lowest BCUT2D eigenvalue weighted by Gasteiger charge is -2.08. The summed E-state index contributed by atoms with van der Waals surface area (Å²) in [5.74, 6) is -1.79. The molecule has 0 radical (unpaired) electrons. The highest BCUT2D eigenvalue weighted by Crippen LogP contribution is 2.28. The van der Waals surface area contributed by atoms with Crippen LogP contribution in [0.15, 0.2) is 24.4 Å². The lowest BCUT2D eigenvalue weighted by Crippen LogP contribution is -2.06. The van der Waals surface area contributed by atoms with Crippen molar-refractivity contribution in [2.45, 2.75) is 6.43 Å². The normalized spacial score (nSPS) is 11.1. The van der Waals surface area contributed by atoms with E-state index in [0.717, 1.165) is 18.3 Å². The van der Waals surface area contributed by atoms with Crippen molar-refractivity contribution in [1.29, 1.82) is 0 Å². The fraction of sp³-hybridized carbons (Fsp3) is 0.100. The Balaban J connectivity index is 2.61. The predicted octanol–water partition coefficient (Wildman–Crippen LogP) is 2.67. The molecule has 90 valence electrons. The highest BCUT2D eigenvalue weighted by atomic mass is 19.3. The fourth-order valence-electron chi connectivity index (χ4n) is 1.43. The Labute approximate surface area is 93.5 Å². The quantitative estimate of drug-likeness (QED) is 0.826. The van der Waals surface area contributed by atoms with Crippen molar-refractivity contribution in [3.8, 4) is 5.69 Å². The largest absolute Gasteiger partial charge is 0.396 e. The summed E-state index contributed by atoms with van der Waals surface area (Å²) in [6.45, 7) is 0. The molecule has 0 unspecified atom stereocenters. The maximum absolute atomic E-state index is 13.4. The topological polar surface area (TPSA) is 43.8 Å². The first kappa shape index (κ1) is 11.4. The molecular weight excluding hydrogens is 238 g/mol. The molecule has 2 N–H and O–H groups in total. The molecule has 0 saturated carbocycles. The molecule has 0 amide bonds. The Kier molecular flexibility index (Phi) is 2.74. The Morgan fingerprint density at radius 2 is 1.94 bits per heavy atom. The molecule has 0 fully saturated rings. The van der Waals surface area contributed by atoms with Gasteiger partial charge >= 0.3 is 0 Å². The summed E-state index contributed by atoms with van der Waals surface area (Å²) in [7, 11) is 0. The predicted molar refractivity (Wildman–Crippen MR) is 52.8 cm³/mol. The van der Waals surface area contributed by atoms with Gasteiger partial charge in [-0.1, -0.05) is 0 Å². The third-order valence-corrected chi connectivity index (χ3v) is 2.18. The number of benzene rings is 1. The molecular formula is C10H7F4N3. The average molecular weight is 245 g/mol. The fourth-order valence-corrected chi connectivity index (χ4v) is 1.43. The van der Waals surface area contributed by atoms with Crippen LogP contribution in [0.2, 0.25) is 0 Å². The summed E-state index contributed by atoms with van der Waals surface area (Å²) in [6, 6.07) is 2.55. The summed E-state index contributed by atoms with van der Waals surface area (Å²) in [5.41, 5.74) is 4.16. The zero-order valence-electron chi connectivity index (χ0n) is 8.37. The Morgan fingerprint density at radius 1 is 1.24 bits per heavy atom. The summed E-state index contributed by atoms with van der Waals surface area (Å²) < 4.78 is 52.1. The number of anilines is 1. The van der Waals surface area contributed by atoms with E-state index in [2.05, 4.69) is 5.10 Å². The molecule has 1 heterocycles. The number of nitrogens with two attached hydrogens (primary N) is 1. The van der Waals surface area contributed by atoms with Crippen molar-refractivity contribution in [2.24, 2.45) is 0 Å². The van der Waals surface area contributed by atoms with E-state index >= 15 is 0 Å². The van der Waals surface area contributed by atoms with Gasteiger partial charge in [-0.2, -0.15) is 5.10 Å². The molecule has 0 bridgehead atoms. The van der Waals surface area contributed by atoms with Crippen molar-refractivity contribution in [3.63, 3.8) is 0 Å². The summed E-state index contributed by atoms with van der Waals surface area (Å²) >= 11 is 0. The van der Waals surface area contributed by atoms with Crippen LogP contribution in [-0.4, -0.2) is 9.78 Å².